The maximum Gasteiger partial charge on any atom is 0.170 e. The quantitative estimate of drug-likeness (QED) is 0.604. The van der Waals surface area contributed by atoms with Crippen LogP contribution in [0.1, 0.15) is 6.92 Å². The monoisotopic (exact) mass is 252 g/mol. The van der Waals surface area contributed by atoms with Crippen molar-refractivity contribution in [2.45, 2.75) is 16.6 Å². The number of carbonyl (C=O) groups is 1. The fourth-order valence-corrected chi connectivity index (χ4v) is 1.70. The summed E-state index contributed by atoms with van der Waals surface area (Å²) >= 11 is 6.63. The van der Waals surface area contributed by atoms with E-state index in [2.05, 4.69) is 31.9 Å². The van der Waals surface area contributed by atoms with Crippen LogP contribution >= 0.6 is 31.9 Å². The Labute approximate surface area is 70.8 Å². The summed E-state index contributed by atoms with van der Waals surface area (Å²) in [4.78, 5) is 11.0. The van der Waals surface area contributed by atoms with E-state index >= 15 is 0 Å². The van der Waals surface area contributed by atoms with Gasteiger partial charge in [0.15, 0.2) is 5.78 Å². The molecule has 50 valence electrons. The van der Waals surface area contributed by atoms with Gasteiger partial charge in [-0.2, -0.15) is 0 Å². The van der Waals surface area contributed by atoms with E-state index < -0.39 is 0 Å². The molecule has 0 aromatic heterocycles. The molecule has 0 saturated carbocycles. The fourth-order valence-electron chi connectivity index (χ4n) is 0.759. The predicted molar refractivity (Wildman–Crippen MR) is 44.2 cm³/mol. The highest BCUT2D eigenvalue weighted by molar-refractivity contribution is 9.12. The third-order valence-corrected chi connectivity index (χ3v) is 4.27. The lowest BCUT2D eigenvalue weighted by atomic mass is 10.3. The Morgan fingerprint density at radius 3 is 2.11 bits per heavy atom. The lowest BCUT2D eigenvalue weighted by Gasteiger charge is -2.04. The third-order valence-electron chi connectivity index (χ3n) is 1.33. The van der Waals surface area contributed by atoms with Crippen LogP contribution in [0.5, 0.6) is 0 Å². The van der Waals surface area contributed by atoms with E-state index in [1.165, 1.54) is 0 Å². The van der Waals surface area contributed by atoms with Crippen LogP contribution in [0.2, 0.25) is 0 Å². The summed E-state index contributed by atoms with van der Waals surface area (Å²) in [5.41, 5.74) is 1.10. The van der Waals surface area contributed by atoms with Crippen molar-refractivity contribution >= 4 is 37.6 Å². The number of alkyl halides is 2. The van der Waals surface area contributed by atoms with Gasteiger partial charge in [0.25, 0.3) is 0 Å². The van der Waals surface area contributed by atoms with Crippen LogP contribution in [-0.2, 0) is 4.79 Å². The van der Waals surface area contributed by atoms with E-state index in [1.807, 2.05) is 6.92 Å². The molecule has 1 rings (SSSR count). The molecule has 0 fully saturated rings. The molecule has 0 spiro atoms. The number of halogens is 2. The van der Waals surface area contributed by atoms with Gasteiger partial charge in [-0.3, -0.25) is 4.79 Å². The van der Waals surface area contributed by atoms with Gasteiger partial charge in [-0.05, 0) is 13.0 Å². The summed E-state index contributed by atoms with van der Waals surface area (Å²) < 4.78 is 0. The summed E-state index contributed by atoms with van der Waals surface area (Å²) in [6.45, 7) is 1.94. The Morgan fingerprint density at radius 2 is 2.00 bits per heavy atom. The Morgan fingerprint density at radius 1 is 1.44 bits per heavy atom. The van der Waals surface area contributed by atoms with Gasteiger partial charge in [0.1, 0.15) is 0 Å². The van der Waals surface area contributed by atoms with Gasteiger partial charge in [0, 0.05) is 0 Å². The first-order valence-corrected chi connectivity index (χ1v) is 4.46. The number of rotatable bonds is 0. The summed E-state index contributed by atoms with van der Waals surface area (Å²) in [6.07, 6.45) is 1.67. The van der Waals surface area contributed by atoms with Crippen molar-refractivity contribution in [3.8, 4) is 0 Å². The molecule has 2 unspecified atom stereocenters. The number of carbonyl (C=O) groups excluding carboxylic acids is 1. The smallest absolute Gasteiger partial charge is 0.170 e. The molecule has 0 amide bonds. The minimum Gasteiger partial charge on any atom is -0.294 e. The molecule has 0 saturated heterocycles. The maximum absolute atomic E-state index is 10.8. The minimum absolute atomic E-state index is 0.0440. The maximum atomic E-state index is 10.8. The van der Waals surface area contributed by atoms with Crippen molar-refractivity contribution < 1.29 is 4.79 Å². The molecule has 3 heteroatoms. The zero-order valence-electron chi connectivity index (χ0n) is 4.90. The standard InChI is InChI=1S/C6H6Br2O/c1-3-2-4(9)6(8)5(3)7/h2,5-6H,1H3. The van der Waals surface area contributed by atoms with Gasteiger partial charge in [0.2, 0.25) is 0 Å². The van der Waals surface area contributed by atoms with Gasteiger partial charge in [-0.25, -0.2) is 0 Å². The second kappa shape index (κ2) is 2.54. The van der Waals surface area contributed by atoms with E-state index in [1.54, 1.807) is 6.08 Å². The molecule has 0 radical (unpaired) electrons. The normalized spacial score (nSPS) is 35.0. The molecule has 0 N–H and O–H groups in total. The first kappa shape index (κ1) is 7.48. The van der Waals surface area contributed by atoms with Gasteiger partial charge in [-0.15, -0.1) is 0 Å². The molecule has 2 atom stereocenters. The summed E-state index contributed by atoms with van der Waals surface area (Å²) in [6, 6.07) is 0. The lowest BCUT2D eigenvalue weighted by molar-refractivity contribution is -0.113. The van der Waals surface area contributed by atoms with Gasteiger partial charge < -0.3 is 0 Å². The van der Waals surface area contributed by atoms with Crippen LogP contribution in [0.4, 0.5) is 0 Å². The van der Waals surface area contributed by atoms with Crippen LogP contribution < -0.4 is 0 Å². The first-order chi connectivity index (χ1) is 4.13. The summed E-state index contributed by atoms with van der Waals surface area (Å²) in [5.74, 6) is 0.161. The van der Waals surface area contributed by atoms with Crippen LogP contribution in [0.15, 0.2) is 11.6 Å². The van der Waals surface area contributed by atoms with Crippen LogP contribution in [-0.4, -0.2) is 15.4 Å². The third kappa shape index (κ3) is 1.27. The summed E-state index contributed by atoms with van der Waals surface area (Å²) in [7, 11) is 0. The second-order valence-electron chi connectivity index (χ2n) is 2.09. The van der Waals surface area contributed by atoms with E-state index in [0.717, 1.165) is 5.57 Å². The van der Waals surface area contributed by atoms with E-state index in [9.17, 15) is 4.79 Å². The molecule has 1 aliphatic carbocycles. The average molecular weight is 254 g/mol. The Hall–Kier alpha value is 0.370. The van der Waals surface area contributed by atoms with Crippen LogP contribution in [0, 0.1) is 0 Å². The Bertz CT molecular complexity index is 174. The molecule has 0 aromatic rings. The number of allylic oxidation sites excluding steroid dienone is 2. The zero-order chi connectivity index (χ0) is 7.02. The highest BCUT2D eigenvalue weighted by Crippen LogP contribution is 2.28. The van der Waals surface area contributed by atoms with Crippen molar-refractivity contribution in [1.29, 1.82) is 0 Å². The van der Waals surface area contributed by atoms with Gasteiger partial charge in [-0.1, -0.05) is 37.4 Å². The van der Waals surface area contributed by atoms with Crippen molar-refractivity contribution in [3.05, 3.63) is 11.6 Å². The average Bonchev–Trinajstić information content (AvgIpc) is 1.98. The number of ketones is 1. The largest absolute Gasteiger partial charge is 0.294 e. The minimum atomic E-state index is -0.0440. The molecular weight excluding hydrogens is 248 g/mol. The fraction of sp³-hybridized carbons (Fsp3) is 0.500. The van der Waals surface area contributed by atoms with E-state index in [0.29, 0.717) is 0 Å². The van der Waals surface area contributed by atoms with E-state index in [-0.39, 0.29) is 15.4 Å². The van der Waals surface area contributed by atoms with E-state index in [4.69, 9.17) is 0 Å². The first-order valence-electron chi connectivity index (χ1n) is 2.63. The molecular formula is C6H6Br2O. The molecule has 9 heavy (non-hydrogen) atoms. The molecule has 0 bridgehead atoms. The van der Waals surface area contributed by atoms with Crippen LogP contribution in [0.25, 0.3) is 0 Å². The SMILES string of the molecule is CC1=CC(=O)C(Br)C1Br. The lowest BCUT2D eigenvalue weighted by Crippen LogP contribution is -2.15. The molecule has 0 aromatic carbocycles. The second-order valence-corrected chi connectivity index (χ2v) is 4.07. The van der Waals surface area contributed by atoms with Crippen molar-refractivity contribution in [2.75, 3.05) is 0 Å². The molecule has 0 aliphatic heterocycles. The van der Waals surface area contributed by atoms with Crippen molar-refractivity contribution in [2.24, 2.45) is 0 Å². The molecule has 1 nitrogen and oxygen atoms in total. The topological polar surface area (TPSA) is 17.1 Å². The molecule has 1 aliphatic rings. The van der Waals surface area contributed by atoms with Gasteiger partial charge >= 0.3 is 0 Å². The molecule has 0 heterocycles. The van der Waals surface area contributed by atoms with Crippen molar-refractivity contribution in [1.82, 2.24) is 0 Å². The van der Waals surface area contributed by atoms with Gasteiger partial charge in [0.05, 0.1) is 9.65 Å². The highest BCUT2D eigenvalue weighted by Gasteiger charge is 2.29. The Kier molecular flexibility index (Phi) is 2.11. The predicted octanol–water partition coefficient (Wildman–Crippen LogP) is 2.04. The van der Waals surface area contributed by atoms with Crippen LogP contribution in [0.3, 0.4) is 0 Å². The number of hydrogen-bond donors (Lipinski definition) is 0. The zero-order valence-corrected chi connectivity index (χ0v) is 8.07. The number of hydrogen-bond acceptors (Lipinski definition) is 1. The van der Waals surface area contributed by atoms with Crippen molar-refractivity contribution in [3.63, 3.8) is 0 Å². The summed E-state index contributed by atoms with van der Waals surface area (Å²) in [5, 5.41) is 0. The Balaban J connectivity index is 2.82. The highest BCUT2D eigenvalue weighted by atomic mass is 79.9.